The van der Waals surface area contributed by atoms with Crippen LogP contribution >= 0.6 is 0 Å². The fraction of sp³-hybridized carbons (Fsp3) is 0.562. The largest absolute Gasteiger partial charge is 0.486 e. The van der Waals surface area contributed by atoms with E-state index in [0.29, 0.717) is 19.8 Å². The molecule has 0 aromatic heterocycles. The first-order valence-corrected chi connectivity index (χ1v) is 7.83. The monoisotopic (exact) mass is 305 g/mol. The van der Waals surface area contributed by atoms with Crippen molar-refractivity contribution in [3.05, 3.63) is 23.8 Å². The molecule has 0 radical (unpaired) electrons. The molecule has 1 aromatic carbocycles. The van der Waals surface area contributed by atoms with E-state index in [0.717, 1.165) is 43.0 Å². The summed E-state index contributed by atoms with van der Waals surface area (Å²) >= 11 is 0. The highest BCUT2D eigenvalue weighted by molar-refractivity contribution is 5.74. The van der Waals surface area contributed by atoms with Gasteiger partial charge in [0.2, 0.25) is 0 Å². The highest BCUT2D eigenvalue weighted by Crippen LogP contribution is 2.33. The van der Waals surface area contributed by atoms with Gasteiger partial charge in [0, 0.05) is 18.2 Å². The number of para-hydroxylation sites is 1. The Labute approximate surface area is 130 Å². The third-order valence-electron chi connectivity index (χ3n) is 4.14. The molecule has 2 N–H and O–H groups in total. The predicted octanol–water partition coefficient (Wildman–Crippen LogP) is 1.35. The van der Waals surface area contributed by atoms with Gasteiger partial charge in [-0.2, -0.15) is 0 Å². The van der Waals surface area contributed by atoms with E-state index in [1.54, 1.807) is 0 Å². The standard InChI is InChI=1S/C16H23N3O3/c1-19-7-5-13(6-8-19)18-16(20)17-11-12-3-2-4-14-15(12)22-10-9-21-14/h2-4,13H,5-11H2,1H3,(H2,17,18,20). The number of ether oxygens (including phenoxy) is 2. The summed E-state index contributed by atoms with van der Waals surface area (Å²) in [4.78, 5) is 14.3. The molecule has 2 amide bonds. The third kappa shape index (κ3) is 3.62. The quantitative estimate of drug-likeness (QED) is 0.885. The lowest BCUT2D eigenvalue weighted by Gasteiger charge is -2.29. The van der Waals surface area contributed by atoms with Crippen molar-refractivity contribution in [2.45, 2.75) is 25.4 Å². The Kier molecular flexibility index (Phi) is 4.68. The molecular weight excluding hydrogens is 282 g/mol. The Bertz CT molecular complexity index is 527. The first-order valence-electron chi connectivity index (χ1n) is 7.83. The van der Waals surface area contributed by atoms with Crippen LogP contribution in [0.2, 0.25) is 0 Å². The number of amides is 2. The number of piperidine rings is 1. The van der Waals surface area contributed by atoms with Crippen molar-refractivity contribution >= 4 is 6.03 Å². The maximum Gasteiger partial charge on any atom is 0.315 e. The molecule has 1 fully saturated rings. The molecular formula is C16H23N3O3. The zero-order valence-electron chi connectivity index (χ0n) is 12.9. The van der Waals surface area contributed by atoms with Gasteiger partial charge in [-0.15, -0.1) is 0 Å². The molecule has 0 unspecified atom stereocenters. The molecule has 2 aliphatic heterocycles. The van der Waals surface area contributed by atoms with Crippen LogP contribution in [0.3, 0.4) is 0 Å². The van der Waals surface area contributed by atoms with Crippen LogP contribution < -0.4 is 20.1 Å². The molecule has 22 heavy (non-hydrogen) atoms. The predicted molar refractivity (Wildman–Crippen MR) is 83.3 cm³/mol. The number of carbonyl (C=O) groups excluding carboxylic acids is 1. The van der Waals surface area contributed by atoms with Crippen LogP contribution in [0, 0.1) is 0 Å². The van der Waals surface area contributed by atoms with Crippen LogP contribution in [0.25, 0.3) is 0 Å². The van der Waals surface area contributed by atoms with E-state index in [1.165, 1.54) is 0 Å². The summed E-state index contributed by atoms with van der Waals surface area (Å²) in [5.41, 5.74) is 0.940. The van der Waals surface area contributed by atoms with Crippen molar-refractivity contribution in [2.75, 3.05) is 33.4 Å². The zero-order valence-corrected chi connectivity index (χ0v) is 12.9. The molecule has 6 heteroatoms. The van der Waals surface area contributed by atoms with E-state index in [1.807, 2.05) is 18.2 Å². The second-order valence-electron chi connectivity index (χ2n) is 5.85. The molecule has 0 saturated carbocycles. The topological polar surface area (TPSA) is 62.8 Å². The van der Waals surface area contributed by atoms with Crippen LogP contribution in [0.1, 0.15) is 18.4 Å². The lowest BCUT2D eigenvalue weighted by atomic mass is 10.1. The number of rotatable bonds is 3. The average molecular weight is 305 g/mol. The highest BCUT2D eigenvalue weighted by atomic mass is 16.6. The number of nitrogens with one attached hydrogen (secondary N) is 2. The molecule has 0 aliphatic carbocycles. The van der Waals surface area contributed by atoms with Crippen molar-refractivity contribution in [3.63, 3.8) is 0 Å². The SMILES string of the molecule is CN1CCC(NC(=O)NCc2cccc3c2OCCO3)CC1. The van der Waals surface area contributed by atoms with E-state index < -0.39 is 0 Å². The van der Waals surface area contributed by atoms with Gasteiger partial charge in [-0.1, -0.05) is 12.1 Å². The molecule has 1 saturated heterocycles. The molecule has 3 rings (SSSR count). The number of benzene rings is 1. The number of carbonyl (C=O) groups is 1. The van der Waals surface area contributed by atoms with Crippen molar-refractivity contribution in [1.29, 1.82) is 0 Å². The van der Waals surface area contributed by atoms with Crippen LogP contribution in [0.5, 0.6) is 11.5 Å². The Hall–Kier alpha value is -1.95. The smallest absolute Gasteiger partial charge is 0.315 e. The van der Waals surface area contributed by atoms with Gasteiger partial charge in [-0.05, 0) is 39.0 Å². The second kappa shape index (κ2) is 6.87. The maximum absolute atomic E-state index is 12.0. The summed E-state index contributed by atoms with van der Waals surface area (Å²) in [5.74, 6) is 1.50. The van der Waals surface area contributed by atoms with Gasteiger partial charge in [0.25, 0.3) is 0 Å². The molecule has 0 spiro atoms. The molecule has 0 atom stereocenters. The normalized spacial score (nSPS) is 18.8. The summed E-state index contributed by atoms with van der Waals surface area (Å²) in [5, 5.41) is 5.95. The molecule has 6 nitrogen and oxygen atoms in total. The minimum atomic E-state index is -0.121. The maximum atomic E-state index is 12.0. The van der Waals surface area contributed by atoms with Gasteiger partial charge in [0.05, 0.1) is 0 Å². The Morgan fingerprint density at radius 2 is 2.05 bits per heavy atom. The van der Waals surface area contributed by atoms with E-state index in [9.17, 15) is 4.79 Å². The number of nitrogens with zero attached hydrogens (tertiary/aromatic N) is 1. The van der Waals surface area contributed by atoms with Crippen LogP contribution in [0.15, 0.2) is 18.2 Å². The fourth-order valence-corrected chi connectivity index (χ4v) is 2.84. The van der Waals surface area contributed by atoms with Gasteiger partial charge in [-0.25, -0.2) is 4.79 Å². The van der Waals surface area contributed by atoms with Crippen molar-refractivity contribution in [3.8, 4) is 11.5 Å². The first kappa shape index (κ1) is 15.0. The fourth-order valence-electron chi connectivity index (χ4n) is 2.84. The Morgan fingerprint density at radius 3 is 2.86 bits per heavy atom. The lowest BCUT2D eigenvalue weighted by molar-refractivity contribution is 0.169. The van der Waals surface area contributed by atoms with Crippen LogP contribution in [0.4, 0.5) is 4.79 Å². The van der Waals surface area contributed by atoms with Gasteiger partial charge in [0.15, 0.2) is 11.5 Å². The number of hydrogen-bond acceptors (Lipinski definition) is 4. The molecule has 2 heterocycles. The minimum absolute atomic E-state index is 0.121. The molecule has 1 aromatic rings. The van der Waals surface area contributed by atoms with E-state index in [4.69, 9.17) is 9.47 Å². The number of fused-ring (bicyclic) bond motifs is 1. The molecule has 2 aliphatic rings. The van der Waals surface area contributed by atoms with E-state index in [2.05, 4.69) is 22.6 Å². The summed E-state index contributed by atoms with van der Waals surface area (Å²) in [6, 6.07) is 5.89. The summed E-state index contributed by atoms with van der Waals surface area (Å²) in [6.07, 6.45) is 2.00. The van der Waals surface area contributed by atoms with Crippen molar-refractivity contribution in [1.82, 2.24) is 15.5 Å². The van der Waals surface area contributed by atoms with Gasteiger partial charge >= 0.3 is 6.03 Å². The van der Waals surface area contributed by atoms with Crippen molar-refractivity contribution < 1.29 is 14.3 Å². The van der Waals surface area contributed by atoms with Gasteiger partial charge in [-0.3, -0.25) is 0 Å². The van der Waals surface area contributed by atoms with Gasteiger partial charge < -0.3 is 25.0 Å². The Morgan fingerprint density at radius 1 is 1.27 bits per heavy atom. The summed E-state index contributed by atoms with van der Waals surface area (Å²) in [6.45, 7) is 3.61. The molecule has 120 valence electrons. The van der Waals surface area contributed by atoms with E-state index >= 15 is 0 Å². The van der Waals surface area contributed by atoms with E-state index in [-0.39, 0.29) is 12.1 Å². The van der Waals surface area contributed by atoms with Crippen LogP contribution in [-0.4, -0.2) is 50.3 Å². The van der Waals surface area contributed by atoms with Crippen LogP contribution in [-0.2, 0) is 6.54 Å². The van der Waals surface area contributed by atoms with Gasteiger partial charge in [0.1, 0.15) is 13.2 Å². The number of hydrogen-bond donors (Lipinski definition) is 2. The second-order valence-corrected chi connectivity index (χ2v) is 5.85. The third-order valence-corrected chi connectivity index (χ3v) is 4.14. The zero-order chi connectivity index (χ0) is 15.4. The number of likely N-dealkylation sites (tertiary alicyclic amines) is 1. The molecule has 0 bridgehead atoms. The lowest BCUT2D eigenvalue weighted by Crippen LogP contribution is -2.46. The summed E-state index contributed by atoms with van der Waals surface area (Å²) < 4.78 is 11.2. The summed E-state index contributed by atoms with van der Waals surface area (Å²) in [7, 11) is 2.11. The van der Waals surface area contributed by atoms with Crippen molar-refractivity contribution in [2.24, 2.45) is 0 Å². The minimum Gasteiger partial charge on any atom is -0.486 e. The highest BCUT2D eigenvalue weighted by Gasteiger charge is 2.19. The Balaban J connectivity index is 1.51. The average Bonchev–Trinajstić information content (AvgIpc) is 2.55. The number of urea groups is 1. The first-order chi connectivity index (χ1) is 10.7.